The first-order valence-corrected chi connectivity index (χ1v) is 9.51. The lowest BCUT2D eigenvalue weighted by Gasteiger charge is -2.35. The largest absolute Gasteiger partial charge is 0.336 e. The van der Waals surface area contributed by atoms with Crippen molar-refractivity contribution in [3.05, 3.63) is 29.3 Å². The Bertz CT molecular complexity index is 642. The van der Waals surface area contributed by atoms with Gasteiger partial charge in [0.1, 0.15) is 0 Å². The number of carbonyl (C=O) groups is 1. The van der Waals surface area contributed by atoms with E-state index in [-0.39, 0.29) is 16.8 Å². The average Bonchev–Trinajstić information content (AvgIpc) is 2.45. The minimum absolute atomic E-state index is 0.0140. The Morgan fingerprint density at radius 1 is 1.38 bits per heavy atom. The highest BCUT2D eigenvalue weighted by Gasteiger charge is 2.27. The van der Waals surface area contributed by atoms with Crippen molar-refractivity contribution < 1.29 is 13.2 Å². The SMILES string of the molecule is CCC1CCCCN1C(=O)c1ccc(C)c(S(=O)(=O)Cl)c1. The third-order valence-corrected chi connectivity index (χ3v) is 5.52. The third kappa shape index (κ3) is 3.58. The molecule has 1 aliphatic rings. The number of nitrogens with zero attached hydrogens (tertiary/aromatic N) is 1. The molecule has 1 fully saturated rings. The molecular weight excluding hydrogens is 310 g/mol. The number of hydrogen-bond acceptors (Lipinski definition) is 3. The summed E-state index contributed by atoms with van der Waals surface area (Å²) in [7, 11) is 1.59. The van der Waals surface area contributed by atoms with Gasteiger partial charge in [0.05, 0.1) is 4.90 Å². The van der Waals surface area contributed by atoms with Crippen LogP contribution in [-0.4, -0.2) is 31.8 Å². The van der Waals surface area contributed by atoms with Gasteiger partial charge in [-0.1, -0.05) is 13.0 Å². The van der Waals surface area contributed by atoms with Crippen LogP contribution in [0, 0.1) is 6.92 Å². The van der Waals surface area contributed by atoms with Gasteiger partial charge in [0.15, 0.2) is 0 Å². The predicted octanol–water partition coefficient (Wildman–Crippen LogP) is 3.33. The van der Waals surface area contributed by atoms with E-state index in [1.165, 1.54) is 6.07 Å². The maximum atomic E-state index is 12.6. The van der Waals surface area contributed by atoms with Gasteiger partial charge in [0.2, 0.25) is 0 Å². The molecule has 1 saturated heterocycles. The van der Waals surface area contributed by atoms with Crippen molar-refractivity contribution in [3.8, 4) is 0 Å². The number of rotatable bonds is 3. The Morgan fingerprint density at radius 3 is 2.71 bits per heavy atom. The summed E-state index contributed by atoms with van der Waals surface area (Å²) in [4.78, 5) is 14.5. The second-order valence-corrected chi connectivity index (χ2v) is 8.01. The highest BCUT2D eigenvalue weighted by atomic mass is 35.7. The summed E-state index contributed by atoms with van der Waals surface area (Å²) >= 11 is 0. The number of likely N-dealkylation sites (tertiary alicyclic amines) is 1. The summed E-state index contributed by atoms with van der Waals surface area (Å²) in [6, 6.07) is 4.93. The summed E-state index contributed by atoms with van der Waals surface area (Å²) in [5.74, 6) is -0.108. The van der Waals surface area contributed by atoms with E-state index in [0.29, 0.717) is 11.1 Å². The minimum Gasteiger partial charge on any atom is -0.336 e. The lowest BCUT2D eigenvalue weighted by molar-refractivity contribution is 0.0608. The van der Waals surface area contributed by atoms with Crippen molar-refractivity contribution in [2.24, 2.45) is 0 Å². The smallest absolute Gasteiger partial charge is 0.261 e. The van der Waals surface area contributed by atoms with Gasteiger partial charge in [-0.15, -0.1) is 0 Å². The molecule has 0 N–H and O–H groups in total. The van der Waals surface area contributed by atoms with Gasteiger partial charge in [0, 0.05) is 28.8 Å². The highest BCUT2D eigenvalue weighted by molar-refractivity contribution is 8.13. The van der Waals surface area contributed by atoms with Gasteiger partial charge in [-0.2, -0.15) is 0 Å². The minimum atomic E-state index is -3.84. The van der Waals surface area contributed by atoms with Gasteiger partial charge in [-0.25, -0.2) is 8.42 Å². The molecule has 1 aromatic carbocycles. The topological polar surface area (TPSA) is 54.5 Å². The van der Waals surface area contributed by atoms with Crippen molar-refractivity contribution >= 4 is 25.6 Å². The average molecular weight is 330 g/mol. The fourth-order valence-corrected chi connectivity index (χ4v) is 4.07. The Labute approximate surface area is 130 Å². The van der Waals surface area contributed by atoms with Crippen LogP contribution in [0.3, 0.4) is 0 Å². The van der Waals surface area contributed by atoms with Crippen LogP contribution < -0.4 is 0 Å². The van der Waals surface area contributed by atoms with Crippen molar-refractivity contribution in [3.63, 3.8) is 0 Å². The zero-order valence-electron chi connectivity index (χ0n) is 12.3. The molecule has 0 saturated carbocycles. The molecule has 1 aliphatic heterocycles. The lowest BCUT2D eigenvalue weighted by Crippen LogP contribution is -2.43. The van der Waals surface area contributed by atoms with Crippen LogP contribution in [0.1, 0.15) is 48.5 Å². The monoisotopic (exact) mass is 329 g/mol. The third-order valence-electron chi connectivity index (χ3n) is 4.06. The van der Waals surface area contributed by atoms with E-state index in [1.54, 1.807) is 19.1 Å². The molecule has 0 bridgehead atoms. The fraction of sp³-hybridized carbons (Fsp3) is 0.533. The Morgan fingerprint density at radius 2 is 2.10 bits per heavy atom. The number of amides is 1. The van der Waals surface area contributed by atoms with Crippen LogP contribution in [0.4, 0.5) is 0 Å². The van der Waals surface area contributed by atoms with Gasteiger partial charge in [0.25, 0.3) is 15.0 Å². The summed E-state index contributed by atoms with van der Waals surface area (Å²) in [5, 5.41) is 0. The van der Waals surface area contributed by atoms with Crippen LogP contribution in [0.2, 0.25) is 0 Å². The molecule has 21 heavy (non-hydrogen) atoms. The number of aryl methyl sites for hydroxylation is 1. The molecule has 1 unspecified atom stereocenters. The van der Waals surface area contributed by atoms with E-state index in [4.69, 9.17) is 10.7 Å². The number of carbonyl (C=O) groups excluding carboxylic acids is 1. The summed E-state index contributed by atoms with van der Waals surface area (Å²) in [5.41, 5.74) is 0.937. The van der Waals surface area contributed by atoms with Crippen LogP contribution in [-0.2, 0) is 9.05 Å². The lowest BCUT2D eigenvalue weighted by atomic mass is 9.98. The molecule has 1 amide bonds. The normalized spacial score (nSPS) is 19.6. The van der Waals surface area contributed by atoms with Gasteiger partial charge >= 0.3 is 0 Å². The molecule has 116 valence electrons. The first kappa shape index (κ1) is 16.3. The van der Waals surface area contributed by atoms with E-state index < -0.39 is 9.05 Å². The number of piperidine rings is 1. The van der Waals surface area contributed by atoms with Crippen LogP contribution in [0.25, 0.3) is 0 Å². The number of halogens is 1. The van der Waals surface area contributed by atoms with Crippen LogP contribution in [0.15, 0.2) is 23.1 Å². The molecular formula is C15H20ClNO3S. The van der Waals surface area contributed by atoms with Crippen LogP contribution >= 0.6 is 10.7 Å². The second kappa shape index (κ2) is 6.36. The second-order valence-electron chi connectivity index (χ2n) is 5.47. The van der Waals surface area contributed by atoms with Crippen molar-refractivity contribution in [1.29, 1.82) is 0 Å². The molecule has 1 heterocycles. The summed E-state index contributed by atoms with van der Waals surface area (Å²) < 4.78 is 23.1. The number of benzene rings is 1. The molecule has 4 nitrogen and oxygen atoms in total. The standard InChI is InChI=1S/C15H20ClNO3S/c1-3-13-6-4-5-9-17(13)15(18)12-8-7-11(2)14(10-12)21(16,19)20/h7-8,10,13H,3-6,9H2,1-2H3. The Balaban J connectivity index is 2.35. The molecule has 0 spiro atoms. The van der Waals surface area contributed by atoms with Gasteiger partial charge < -0.3 is 4.90 Å². The first-order valence-electron chi connectivity index (χ1n) is 7.21. The fourth-order valence-electron chi connectivity index (χ4n) is 2.85. The summed E-state index contributed by atoms with van der Waals surface area (Å²) in [6.07, 6.45) is 4.05. The van der Waals surface area contributed by atoms with E-state index in [2.05, 4.69) is 6.92 Å². The van der Waals surface area contributed by atoms with Crippen LogP contribution in [0.5, 0.6) is 0 Å². The predicted molar refractivity (Wildman–Crippen MR) is 83.2 cm³/mol. The highest BCUT2D eigenvalue weighted by Crippen LogP contribution is 2.25. The Hall–Kier alpha value is -1.07. The van der Waals surface area contributed by atoms with Crippen molar-refractivity contribution in [2.45, 2.75) is 50.5 Å². The zero-order valence-corrected chi connectivity index (χ0v) is 13.9. The van der Waals surface area contributed by atoms with Crippen molar-refractivity contribution in [2.75, 3.05) is 6.54 Å². The van der Waals surface area contributed by atoms with E-state index >= 15 is 0 Å². The molecule has 0 aromatic heterocycles. The molecule has 6 heteroatoms. The van der Waals surface area contributed by atoms with E-state index in [1.807, 2.05) is 4.90 Å². The van der Waals surface area contributed by atoms with Crippen molar-refractivity contribution in [1.82, 2.24) is 4.90 Å². The maximum absolute atomic E-state index is 12.6. The summed E-state index contributed by atoms with van der Waals surface area (Å²) in [6.45, 7) is 4.47. The molecule has 1 aromatic rings. The quantitative estimate of drug-likeness (QED) is 0.799. The van der Waals surface area contributed by atoms with Gasteiger partial charge in [-0.05, 0) is 50.3 Å². The van der Waals surface area contributed by atoms with E-state index in [9.17, 15) is 13.2 Å². The van der Waals surface area contributed by atoms with E-state index in [0.717, 1.165) is 32.2 Å². The molecule has 2 rings (SSSR count). The van der Waals surface area contributed by atoms with Gasteiger partial charge in [-0.3, -0.25) is 4.79 Å². The molecule has 0 aliphatic carbocycles. The first-order chi connectivity index (χ1) is 9.84. The number of hydrogen-bond donors (Lipinski definition) is 0. The molecule has 1 atom stereocenters. The maximum Gasteiger partial charge on any atom is 0.261 e. The Kier molecular flexibility index (Phi) is 4.94. The zero-order chi connectivity index (χ0) is 15.6. The molecule has 0 radical (unpaired) electrons.